The molecule has 2 rings (SSSR count). The molecular weight excluding hydrogens is 239 g/mol. The average Bonchev–Trinajstić information content (AvgIpc) is 2.52. The maximum Gasteiger partial charge on any atom is 0.160 e. The lowest BCUT2D eigenvalue weighted by atomic mass is 9.79. The van der Waals surface area contributed by atoms with Gasteiger partial charge in [0.15, 0.2) is 5.17 Å². The summed E-state index contributed by atoms with van der Waals surface area (Å²) in [4.78, 5) is 7.48. The number of fused-ring (bicyclic) bond motifs is 1. The molecular formula is C14H27BN2S. The van der Waals surface area contributed by atoms with E-state index in [9.17, 15) is 0 Å². The molecule has 0 bridgehead atoms. The van der Waals surface area contributed by atoms with E-state index in [-0.39, 0.29) is 0 Å². The molecule has 1 heterocycles. The van der Waals surface area contributed by atoms with Crippen molar-refractivity contribution in [3.63, 3.8) is 0 Å². The molecule has 0 radical (unpaired) electrons. The molecule has 0 N–H and O–H groups in total. The van der Waals surface area contributed by atoms with Crippen LogP contribution in [-0.2, 0) is 0 Å². The first-order valence-electron chi connectivity index (χ1n) is 7.53. The summed E-state index contributed by atoms with van der Waals surface area (Å²) in [6, 6.07) is 1.71. The number of amidine groups is 1. The van der Waals surface area contributed by atoms with Gasteiger partial charge in [0, 0.05) is 23.4 Å². The van der Waals surface area contributed by atoms with Gasteiger partial charge in [-0.3, -0.25) is 4.99 Å². The normalized spacial score (nSPS) is 35.3. The molecule has 1 aliphatic carbocycles. The molecule has 0 aromatic carbocycles. The van der Waals surface area contributed by atoms with Crippen LogP contribution in [0.4, 0.5) is 0 Å². The highest BCUT2D eigenvalue weighted by atomic mass is 32.2. The Morgan fingerprint density at radius 3 is 2.50 bits per heavy atom. The quantitative estimate of drug-likeness (QED) is 0.714. The van der Waals surface area contributed by atoms with Crippen molar-refractivity contribution < 1.29 is 0 Å². The lowest BCUT2D eigenvalue weighted by molar-refractivity contribution is 0.258. The van der Waals surface area contributed by atoms with Crippen molar-refractivity contribution in [1.29, 1.82) is 0 Å². The first kappa shape index (κ1) is 14.3. The van der Waals surface area contributed by atoms with Gasteiger partial charge >= 0.3 is 0 Å². The number of hydrogen-bond acceptors (Lipinski definition) is 2. The number of hydrogen-bond donors (Lipinski definition) is 0. The summed E-state index contributed by atoms with van der Waals surface area (Å²) in [7, 11) is 2.44. The second-order valence-corrected chi connectivity index (χ2v) is 7.56. The lowest BCUT2D eigenvalue weighted by Crippen LogP contribution is -2.42. The standard InChI is InChI=1S/C14H27BN2S/c1-9(2)16-14-17(10(3)4)12-8-6-5-7-11(15)13(12)18-14/h9-13H,5-8,15H2,1-4H3/b16-14+. The second kappa shape index (κ2) is 5.89. The summed E-state index contributed by atoms with van der Waals surface area (Å²) in [5.41, 5.74) is 0. The van der Waals surface area contributed by atoms with Gasteiger partial charge < -0.3 is 4.90 Å². The van der Waals surface area contributed by atoms with E-state index in [0.717, 1.165) is 17.1 Å². The minimum atomic E-state index is 0.409. The fraction of sp³-hybridized carbons (Fsp3) is 0.929. The Labute approximate surface area is 117 Å². The molecule has 2 nitrogen and oxygen atoms in total. The SMILES string of the molecule is BC1CCCCC2C1S/C(=N/C(C)C)N2C(C)C. The molecule has 1 saturated carbocycles. The van der Waals surface area contributed by atoms with Crippen molar-refractivity contribution in [3.8, 4) is 0 Å². The molecule has 4 heteroatoms. The van der Waals surface area contributed by atoms with E-state index in [1.807, 2.05) is 0 Å². The van der Waals surface area contributed by atoms with Gasteiger partial charge in [0.2, 0.25) is 0 Å². The molecule has 0 spiro atoms. The van der Waals surface area contributed by atoms with Gasteiger partial charge in [-0.2, -0.15) is 0 Å². The zero-order valence-electron chi connectivity index (χ0n) is 12.5. The van der Waals surface area contributed by atoms with Crippen LogP contribution >= 0.6 is 11.8 Å². The van der Waals surface area contributed by atoms with Gasteiger partial charge in [-0.05, 0) is 34.1 Å². The number of aliphatic imine (C=N–C) groups is 1. The van der Waals surface area contributed by atoms with Gasteiger partial charge in [0.25, 0.3) is 0 Å². The fourth-order valence-corrected chi connectivity index (χ4v) is 5.04. The Morgan fingerprint density at radius 2 is 1.89 bits per heavy atom. The summed E-state index contributed by atoms with van der Waals surface area (Å²) < 4.78 is 0. The first-order chi connectivity index (χ1) is 8.50. The highest BCUT2D eigenvalue weighted by Crippen LogP contribution is 2.44. The van der Waals surface area contributed by atoms with Gasteiger partial charge in [-0.25, -0.2) is 0 Å². The summed E-state index contributed by atoms with van der Waals surface area (Å²) in [6.07, 6.45) is 5.56. The zero-order chi connectivity index (χ0) is 13.3. The van der Waals surface area contributed by atoms with Crippen LogP contribution in [-0.4, -0.2) is 41.3 Å². The molecule has 0 aromatic heterocycles. The lowest BCUT2D eigenvalue weighted by Gasteiger charge is -2.32. The van der Waals surface area contributed by atoms with Crippen LogP contribution in [0.25, 0.3) is 0 Å². The van der Waals surface area contributed by atoms with Crippen LogP contribution < -0.4 is 0 Å². The average molecular weight is 266 g/mol. The van der Waals surface area contributed by atoms with Crippen molar-refractivity contribution in [2.75, 3.05) is 0 Å². The summed E-state index contributed by atoms with van der Waals surface area (Å²) in [6.45, 7) is 9.00. The van der Waals surface area contributed by atoms with E-state index in [0.29, 0.717) is 12.1 Å². The van der Waals surface area contributed by atoms with Crippen molar-refractivity contribution >= 4 is 24.8 Å². The van der Waals surface area contributed by atoms with Gasteiger partial charge in [-0.15, -0.1) is 0 Å². The second-order valence-electron chi connectivity index (χ2n) is 6.42. The Morgan fingerprint density at radius 1 is 1.22 bits per heavy atom. The maximum atomic E-state index is 4.87. The zero-order valence-corrected chi connectivity index (χ0v) is 13.3. The Bertz CT molecular complexity index is 317. The van der Waals surface area contributed by atoms with E-state index >= 15 is 0 Å². The minimum Gasteiger partial charge on any atom is -0.345 e. The first-order valence-corrected chi connectivity index (χ1v) is 8.41. The van der Waals surface area contributed by atoms with E-state index in [1.54, 1.807) is 0 Å². The molecule has 1 aliphatic heterocycles. The van der Waals surface area contributed by atoms with Crippen molar-refractivity contribution in [1.82, 2.24) is 4.90 Å². The molecule has 1 saturated heterocycles. The van der Waals surface area contributed by atoms with E-state index < -0.39 is 0 Å². The van der Waals surface area contributed by atoms with Crippen LogP contribution in [0.1, 0.15) is 53.4 Å². The number of thioether (sulfide) groups is 1. The summed E-state index contributed by atoms with van der Waals surface area (Å²) in [5, 5.41) is 2.08. The molecule has 0 aromatic rings. The molecule has 2 fully saturated rings. The molecule has 2 aliphatic rings. The van der Waals surface area contributed by atoms with E-state index in [1.165, 1.54) is 30.9 Å². The summed E-state index contributed by atoms with van der Waals surface area (Å²) >= 11 is 2.06. The third-order valence-corrected chi connectivity index (χ3v) is 5.67. The summed E-state index contributed by atoms with van der Waals surface area (Å²) in [5.74, 6) is 0.837. The monoisotopic (exact) mass is 266 g/mol. The predicted octanol–water partition coefficient (Wildman–Crippen LogP) is 2.94. The minimum absolute atomic E-state index is 0.409. The molecule has 3 atom stereocenters. The highest BCUT2D eigenvalue weighted by molar-refractivity contribution is 8.14. The topological polar surface area (TPSA) is 15.6 Å². The Balaban J connectivity index is 2.26. The van der Waals surface area contributed by atoms with E-state index in [2.05, 4.69) is 52.2 Å². The fourth-order valence-electron chi connectivity index (χ4n) is 3.27. The van der Waals surface area contributed by atoms with Crippen LogP contribution in [0, 0.1) is 0 Å². The molecule has 3 unspecified atom stereocenters. The maximum absolute atomic E-state index is 4.87. The van der Waals surface area contributed by atoms with Crippen molar-refractivity contribution in [2.45, 2.75) is 82.6 Å². The molecule has 102 valence electrons. The smallest absolute Gasteiger partial charge is 0.160 e. The van der Waals surface area contributed by atoms with Gasteiger partial charge in [0.05, 0.1) is 0 Å². The van der Waals surface area contributed by atoms with Crippen LogP contribution in [0.5, 0.6) is 0 Å². The highest BCUT2D eigenvalue weighted by Gasteiger charge is 2.43. The predicted molar refractivity (Wildman–Crippen MR) is 85.5 cm³/mol. The van der Waals surface area contributed by atoms with Gasteiger partial charge in [-0.1, -0.05) is 36.8 Å². The molecule has 18 heavy (non-hydrogen) atoms. The van der Waals surface area contributed by atoms with Crippen LogP contribution in [0.15, 0.2) is 4.99 Å². The van der Waals surface area contributed by atoms with Gasteiger partial charge in [0.1, 0.15) is 7.85 Å². The molecule has 0 amide bonds. The Hall–Kier alpha value is -0.115. The number of nitrogens with zero attached hydrogens (tertiary/aromatic N) is 2. The Kier molecular flexibility index (Phi) is 4.68. The van der Waals surface area contributed by atoms with Crippen molar-refractivity contribution in [2.24, 2.45) is 4.99 Å². The van der Waals surface area contributed by atoms with Crippen molar-refractivity contribution in [3.05, 3.63) is 0 Å². The van der Waals surface area contributed by atoms with Crippen LogP contribution in [0.2, 0.25) is 5.82 Å². The largest absolute Gasteiger partial charge is 0.345 e. The third kappa shape index (κ3) is 2.89. The number of rotatable bonds is 2. The third-order valence-electron chi connectivity index (χ3n) is 4.09. The van der Waals surface area contributed by atoms with Crippen LogP contribution in [0.3, 0.4) is 0 Å². The van der Waals surface area contributed by atoms with E-state index in [4.69, 9.17) is 4.99 Å².